The number of carbonyl (C=O) groups is 2. The first kappa shape index (κ1) is 22.2. The zero-order valence-corrected chi connectivity index (χ0v) is 17.9. The molecule has 3 amide bonds. The average molecular weight is 443 g/mol. The Morgan fingerprint density at radius 3 is 2.48 bits per heavy atom. The zero-order chi connectivity index (χ0) is 22.1. The van der Waals surface area contributed by atoms with Crippen LogP contribution in [0.3, 0.4) is 0 Å². The lowest BCUT2D eigenvalue weighted by molar-refractivity contribution is -0.117. The molecule has 0 aliphatic heterocycles. The number of methoxy groups -OCH3 is 2. The molecule has 0 radical (unpaired) electrons. The number of nitrogens with zero attached hydrogens (tertiary/aromatic N) is 4. The Bertz CT molecular complexity index is 1010. The number of aromatic nitrogens is 4. The van der Waals surface area contributed by atoms with E-state index < -0.39 is 11.9 Å². The SMILES string of the molecule is COCCNC(=O)NC(=O)CSc1nnc(-c2ccncc2)n1-c1ccc(OC)cc1. The normalized spacial score (nSPS) is 10.5. The van der Waals surface area contributed by atoms with Crippen molar-refractivity contribution >= 4 is 23.7 Å². The lowest BCUT2D eigenvalue weighted by atomic mass is 10.2. The first-order valence-corrected chi connectivity index (χ1v) is 10.3. The van der Waals surface area contributed by atoms with Crippen LogP contribution in [0.5, 0.6) is 5.75 Å². The first-order chi connectivity index (χ1) is 15.1. The molecule has 0 aliphatic carbocycles. The van der Waals surface area contributed by atoms with Crippen LogP contribution >= 0.6 is 11.8 Å². The Morgan fingerprint density at radius 1 is 1.06 bits per heavy atom. The summed E-state index contributed by atoms with van der Waals surface area (Å²) in [6.07, 6.45) is 3.34. The summed E-state index contributed by atoms with van der Waals surface area (Å²) in [5.41, 5.74) is 1.63. The molecule has 0 fully saturated rings. The number of imide groups is 1. The van der Waals surface area contributed by atoms with Crippen LogP contribution in [-0.2, 0) is 9.53 Å². The summed E-state index contributed by atoms with van der Waals surface area (Å²) in [7, 11) is 3.13. The smallest absolute Gasteiger partial charge is 0.321 e. The molecule has 0 unspecified atom stereocenters. The molecule has 0 bridgehead atoms. The van der Waals surface area contributed by atoms with Crippen LogP contribution in [0.25, 0.3) is 17.1 Å². The molecule has 1 aromatic carbocycles. The molecule has 2 N–H and O–H groups in total. The number of hydrogen-bond acceptors (Lipinski definition) is 8. The van der Waals surface area contributed by atoms with Crippen molar-refractivity contribution in [3.8, 4) is 22.8 Å². The van der Waals surface area contributed by atoms with Gasteiger partial charge in [0.15, 0.2) is 11.0 Å². The standard InChI is InChI=1S/C20H22N6O4S/c1-29-12-11-22-19(28)23-17(27)13-31-20-25-24-18(14-7-9-21-10-8-14)26(20)15-3-5-16(30-2)6-4-15/h3-10H,11-13H2,1-2H3,(H2,22,23,27,28). The molecule has 2 aromatic heterocycles. The second kappa shape index (κ2) is 11.1. The lowest BCUT2D eigenvalue weighted by Gasteiger charge is -2.11. The second-order valence-electron chi connectivity index (χ2n) is 6.16. The average Bonchev–Trinajstić information content (AvgIpc) is 3.22. The minimum Gasteiger partial charge on any atom is -0.497 e. The van der Waals surface area contributed by atoms with Crippen molar-refractivity contribution in [1.82, 2.24) is 30.4 Å². The van der Waals surface area contributed by atoms with Crippen molar-refractivity contribution in [1.29, 1.82) is 0 Å². The van der Waals surface area contributed by atoms with Gasteiger partial charge in [0.05, 0.1) is 19.5 Å². The van der Waals surface area contributed by atoms with Crippen molar-refractivity contribution in [2.45, 2.75) is 5.16 Å². The van der Waals surface area contributed by atoms with E-state index in [-0.39, 0.29) is 5.75 Å². The number of pyridine rings is 1. The van der Waals surface area contributed by atoms with Crippen molar-refractivity contribution in [2.75, 3.05) is 33.1 Å². The van der Waals surface area contributed by atoms with E-state index in [0.717, 1.165) is 17.0 Å². The molecule has 0 saturated heterocycles. The van der Waals surface area contributed by atoms with E-state index in [9.17, 15) is 9.59 Å². The van der Waals surface area contributed by atoms with Gasteiger partial charge in [0.25, 0.3) is 0 Å². The Morgan fingerprint density at radius 2 is 1.81 bits per heavy atom. The topological polar surface area (TPSA) is 120 Å². The van der Waals surface area contributed by atoms with Gasteiger partial charge in [0, 0.05) is 37.3 Å². The van der Waals surface area contributed by atoms with Crippen LogP contribution in [0.4, 0.5) is 4.79 Å². The molecule has 3 aromatic rings. The highest BCUT2D eigenvalue weighted by molar-refractivity contribution is 7.99. The van der Waals surface area contributed by atoms with Gasteiger partial charge in [-0.25, -0.2) is 4.79 Å². The molecular weight excluding hydrogens is 420 g/mol. The summed E-state index contributed by atoms with van der Waals surface area (Å²) in [6.45, 7) is 0.670. The molecule has 10 nitrogen and oxygen atoms in total. The van der Waals surface area contributed by atoms with Crippen molar-refractivity contribution in [3.63, 3.8) is 0 Å². The number of amides is 3. The molecule has 162 valence electrons. The van der Waals surface area contributed by atoms with Crippen LogP contribution in [0.1, 0.15) is 0 Å². The maximum atomic E-state index is 12.2. The summed E-state index contributed by atoms with van der Waals surface area (Å²) in [5.74, 6) is 0.861. The largest absolute Gasteiger partial charge is 0.497 e. The van der Waals surface area contributed by atoms with Gasteiger partial charge >= 0.3 is 6.03 Å². The van der Waals surface area contributed by atoms with Gasteiger partial charge in [-0.2, -0.15) is 0 Å². The van der Waals surface area contributed by atoms with Crippen LogP contribution in [-0.4, -0.2) is 64.8 Å². The molecular formula is C20H22N6O4S. The van der Waals surface area contributed by atoms with E-state index in [1.165, 1.54) is 18.9 Å². The van der Waals surface area contributed by atoms with Gasteiger partial charge in [-0.3, -0.25) is 19.7 Å². The number of ether oxygens (including phenoxy) is 2. The second-order valence-corrected chi connectivity index (χ2v) is 7.10. The van der Waals surface area contributed by atoms with Gasteiger partial charge in [-0.1, -0.05) is 11.8 Å². The van der Waals surface area contributed by atoms with Crippen LogP contribution in [0.15, 0.2) is 53.9 Å². The van der Waals surface area contributed by atoms with Gasteiger partial charge in [0.2, 0.25) is 5.91 Å². The summed E-state index contributed by atoms with van der Waals surface area (Å²) < 4.78 is 11.9. The Hall–Kier alpha value is -3.44. The maximum absolute atomic E-state index is 12.2. The lowest BCUT2D eigenvalue weighted by Crippen LogP contribution is -2.41. The highest BCUT2D eigenvalue weighted by Crippen LogP contribution is 2.28. The zero-order valence-electron chi connectivity index (χ0n) is 17.1. The fourth-order valence-corrected chi connectivity index (χ4v) is 3.37. The Balaban J connectivity index is 1.78. The quantitative estimate of drug-likeness (QED) is 0.381. The fourth-order valence-electron chi connectivity index (χ4n) is 2.62. The molecule has 31 heavy (non-hydrogen) atoms. The fraction of sp³-hybridized carbons (Fsp3) is 0.250. The van der Waals surface area contributed by atoms with Gasteiger partial charge in [-0.05, 0) is 36.4 Å². The monoisotopic (exact) mass is 442 g/mol. The van der Waals surface area contributed by atoms with E-state index in [1.54, 1.807) is 19.5 Å². The summed E-state index contributed by atoms with van der Waals surface area (Å²) >= 11 is 1.17. The predicted octanol–water partition coefficient (Wildman–Crippen LogP) is 1.90. The number of benzene rings is 1. The molecule has 0 atom stereocenters. The summed E-state index contributed by atoms with van der Waals surface area (Å²) in [4.78, 5) is 27.9. The molecule has 0 spiro atoms. The predicted molar refractivity (Wildman–Crippen MR) is 115 cm³/mol. The van der Waals surface area contributed by atoms with Crippen molar-refractivity contribution in [3.05, 3.63) is 48.8 Å². The summed E-state index contributed by atoms with van der Waals surface area (Å²) in [6, 6.07) is 10.5. The van der Waals surface area contributed by atoms with E-state index in [4.69, 9.17) is 9.47 Å². The highest BCUT2D eigenvalue weighted by atomic mass is 32.2. The van der Waals surface area contributed by atoms with E-state index in [1.807, 2.05) is 41.0 Å². The molecule has 3 rings (SSSR count). The Kier molecular flexibility index (Phi) is 7.96. The third kappa shape index (κ3) is 6.03. The van der Waals surface area contributed by atoms with Gasteiger partial charge in [-0.15, -0.1) is 10.2 Å². The number of thioether (sulfide) groups is 1. The first-order valence-electron chi connectivity index (χ1n) is 9.32. The highest BCUT2D eigenvalue weighted by Gasteiger charge is 2.18. The van der Waals surface area contributed by atoms with Crippen LogP contribution in [0, 0.1) is 0 Å². The third-order valence-electron chi connectivity index (χ3n) is 4.08. The third-order valence-corrected chi connectivity index (χ3v) is 5.01. The van der Waals surface area contributed by atoms with E-state index in [2.05, 4.69) is 25.8 Å². The number of hydrogen-bond donors (Lipinski definition) is 2. The molecule has 0 saturated carbocycles. The minimum absolute atomic E-state index is 0.0116. The minimum atomic E-state index is -0.572. The van der Waals surface area contributed by atoms with Crippen molar-refractivity contribution < 1.29 is 19.1 Å². The van der Waals surface area contributed by atoms with Gasteiger partial charge in [0.1, 0.15) is 5.75 Å². The van der Waals surface area contributed by atoms with E-state index in [0.29, 0.717) is 24.1 Å². The van der Waals surface area contributed by atoms with Gasteiger partial charge < -0.3 is 14.8 Å². The maximum Gasteiger partial charge on any atom is 0.321 e. The summed E-state index contributed by atoms with van der Waals surface area (Å²) in [5, 5.41) is 13.9. The number of carbonyl (C=O) groups excluding carboxylic acids is 2. The van der Waals surface area contributed by atoms with Crippen LogP contribution < -0.4 is 15.4 Å². The number of rotatable bonds is 9. The molecule has 11 heteroatoms. The number of nitrogens with one attached hydrogen (secondary N) is 2. The molecule has 0 aliphatic rings. The molecule has 2 heterocycles. The Labute approximate surface area is 183 Å². The number of urea groups is 1. The van der Waals surface area contributed by atoms with Crippen molar-refractivity contribution in [2.24, 2.45) is 0 Å². The van der Waals surface area contributed by atoms with E-state index >= 15 is 0 Å². The van der Waals surface area contributed by atoms with Crippen LogP contribution in [0.2, 0.25) is 0 Å².